The molecule has 0 aliphatic carbocycles. The highest BCUT2D eigenvalue weighted by atomic mass is 32.1. The van der Waals surface area contributed by atoms with Gasteiger partial charge in [0.15, 0.2) is 0 Å². The molecule has 66 valence electrons. The first-order valence-corrected chi connectivity index (χ1v) is 4.69. The molecule has 0 atom stereocenters. The third-order valence-corrected chi connectivity index (χ3v) is 2.20. The fourth-order valence-corrected chi connectivity index (χ4v) is 1.55. The molecule has 2 aromatic heterocycles. The predicted molar refractivity (Wildman–Crippen MR) is 52.3 cm³/mol. The van der Waals surface area contributed by atoms with Crippen molar-refractivity contribution in [3.8, 4) is 11.4 Å². The van der Waals surface area contributed by atoms with Crippen LogP contribution in [0.25, 0.3) is 11.4 Å². The van der Waals surface area contributed by atoms with Crippen molar-refractivity contribution >= 4 is 17.0 Å². The molecular formula is C8H8N4S. The van der Waals surface area contributed by atoms with E-state index < -0.39 is 0 Å². The van der Waals surface area contributed by atoms with E-state index in [1.165, 1.54) is 11.3 Å². The van der Waals surface area contributed by atoms with E-state index in [0.29, 0.717) is 17.2 Å². The Morgan fingerprint density at radius 3 is 2.92 bits per heavy atom. The van der Waals surface area contributed by atoms with Crippen LogP contribution in [0.4, 0.5) is 5.69 Å². The van der Waals surface area contributed by atoms with Gasteiger partial charge in [0.1, 0.15) is 17.2 Å². The van der Waals surface area contributed by atoms with Crippen LogP contribution in [0.1, 0.15) is 5.82 Å². The summed E-state index contributed by atoms with van der Waals surface area (Å²) in [5.74, 6) is 0.706. The topological polar surface area (TPSA) is 64.7 Å². The summed E-state index contributed by atoms with van der Waals surface area (Å²) < 4.78 is 0. The number of hydrogen-bond donors (Lipinski definition) is 1. The average Bonchev–Trinajstić information content (AvgIpc) is 2.61. The lowest BCUT2D eigenvalue weighted by Crippen LogP contribution is -1.97. The van der Waals surface area contributed by atoms with Gasteiger partial charge in [-0.3, -0.25) is 0 Å². The fraction of sp³-hybridized carbons (Fsp3) is 0.125. The van der Waals surface area contributed by atoms with Crippen LogP contribution in [0.5, 0.6) is 0 Å². The summed E-state index contributed by atoms with van der Waals surface area (Å²) in [5.41, 5.74) is 9.57. The van der Waals surface area contributed by atoms with E-state index >= 15 is 0 Å². The van der Waals surface area contributed by atoms with Gasteiger partial charge in [-0.05, 0) is 6.92 Å². The zero-order valence-corrected chi connectivity index (χ0v) is 7.88. The summed E-state index contributed by atoms with van der Waals surface area (Å²) in [4.78, 5) is 12.3. The van der Waals surface area contributed by atoms with Crippen molar-refractivity contribution in [1.29, 1.82) is 0 Å². The number of anilines is 1. The molecule has 0 saturated heterocycles. The minimum absolute atomic E-state index is 0.566. The average molecular weight is 192 g/mol. The summed E-state index contributed by atoms with van der Waals surface area (Å²) in [7, 11) is 0. The van der Waals surface area contributed by atoms with Gasteiger partial charge in [-0.1, -0.05) is 0 Å². The first-order chi connectivity index (χ1) is 6.27. The van der Waals surface area contributed by atoms with Gasteiger partial charge >= 0.3 is 0 Å². The number of nitrogens with two attached hydrogens (primary N) is 1. The first kappa shape index (κ1) is 8.12. The standard InChI is InChI=1S/C8H8N4S/c1-5-10-2-6(9)8(12-5)7-3-13-4-11-7/h2-4H,9H2,1H3. The Morgan fingerprint density at radius 1 is 1.38 bits per heavy atom. The summed E-state index contributed by atoms with van der Waals surface area (Å²) in [5, 5.41) is 1.91. The minimum atomic E-state index is 0.566. The van der Waals surface area contributed by atoms with Gasteiger partial charge in [0.05, 0.1) is 17.4 Å². The summed E-state index contributed by atoms with van der Waals surface area (Å²) in [6.45, 7) is 1.83. The van der Waals surface area contributed by atoms with Crippen molar-refractivity contribution in [2.24, 2.45) is 0 Å². The smallest absolute Gasteiger partial charge is 0.126 e. The summed E-state index contributed by atoms with van der Waals surface area (Å²) in [6.07, 6.45) is 1.61. The molecule has 0 unspecified atom stereocenters. The van der Waals surface area contributed by atoms with Crippen molar-refractivity contribution in [1.82, 2.24) is 15.0 Å². The van der Waals surface area contributed by atoms with Crippen molar-refractivity contribution in [3.63, 3.8) is 0 Å². The first-order valence-electron chi connectivity index (χ1n) is 3.75. The third-order valence-electron chi connectivity index (χ3n) is 1.61. The quantitative estimate of drug-likeness (QED) is 0.743. The number of hydrogen-bond acceptors (Lipinski definition) is 5. The van der Waals surface area contributed by atoms with E-state index in [1.807, 2.05) is 12.3 Å². The minimum Gasteiger partial charge on any atom is -0.396 e. The maximum absolute atomic E-state index is 5.72. The van der Waals surface area contributed by atoms with Crippen LogP contribution in [0.2, 0.25) is 0 Å². The van der Waals surface area contributed by atoms with E-state index in [0.717, 1.165) is 5.69 Å². The molecule has 2 rings (SSSR count). The normalized spacial score (nSPS) is 10.2. The van der Waals surface area contributed by atoms with E-state index in [1.54, 1.807) is 11.7 Å². The molecule has 0 fully saturated rings. The summed E-state index contributed by atoms with van der Waals surface area (Å²) in [6, 6.07) is 0. The number of nitrogens with zero attached hydrogens (tertiary/aromatic N) is 3. The largest absolute Gasteiger partial charge is 0.396 e. The Morgan fingerprint density at radius 2 is 2.23 bits per heavy atom. The van der Waals surface area contributed by atoms with Gasteiger partial charge in [0.2, 0.25) is 0 Å². The predicted octanol–water partition coefficient (Wildman–Crippen LogP) is 1.49. The molecule has 2 N–H and O–H groups in total. The lowest BCUT2D eigenvalue weighted by Gasteiger charge is -2.00. The molecule has 2 aromatic rings. The van der Waals surface area contributed by atoms with Gasteiger partial charge in [-0.2, -0.15) is 0 Å². The van der Waals surface area contributed by atoms with Crippen LogP contribution in [0, 0.1) is 6.92 Å². The second-order valence-corrected chi connectivity index (χ2v) is 3.31. The second-order valence-electron chi connectivity index (χ2n) is 2.59. The van der Waals surface area contributed by atoms with Gasteiger partial charge < -0.3 is 5.73 Å². The second kappa shape index (κ2) is 3.10. The van der Waals surface area contributed by atoms with Gasteiger partial charge in [-0.15, -0.1) is 11.3 Å². The molecule has 0 aromatic carbocycles. The monoisotopic (exact) mass is 192 g/mol. The number of rotatable bonds is 1. The van der Waals surface area contributed by atoms with E-state index in [9.17, 15) is 0 Å². The van der Waals surface area contributed by atoms with Crippen molar-refractivity contribution in [3.05, 3.63) is 22.9 Å². The molecule has 0 amide bonds. The lowest BCUT2D eigenvalue weighted by atomic mass is 10.3. The Balaban J connectivity index is 2.57. The van der Waals surface area contributed by atoms with Crippen LogP contribution in [-0.2, 0) is 0 Å². The lowest BCUT2D eigenvalue weighted by molar-refractivity contribution is 1.06. The van der Waals surface area contributed by atoms with Crippen LogP contribution in [0.3, 0.4) is 0 Å². The van der Waals surface area contributed by atoms with E-state index in [2.05, 4.69) is 15.0 Å². The van der Waals surface area contributed by atoms with Crippen molar-refractivity contribution in [2.45, 2.75) is 6.92 Å². The SMILES string of the molecule is Cc1ncc(N)c(-c2cscn2)n1. The molecule has 13 heavy (non-hydrogen) atoms. The highest BCUT2D eigenvalue weighted by molar-refractivity contribution is 7.07. The van der Waals surface area contributed by atoms with Crippen LogP contribution in [0.15, 0.2) is 17.1 Å². The molecule has 2 heterocycles. The number of nitrogen functional groups attached to an aromatic ring is 1. The summed E-state index contributed by atoms with van der Waals surface area (Å²) >= 11 is 1.52. The van der Waals surface area contributed by atoms with Crippen LogP contribution in [-0.4, -0.2) is 15.0 Å². The third kappa shape index (κ3) is 1.50. The fourth-order valence-electron chi connectivity index (χ4n) is 1.01. The zero-order valence-electron chi connectivity index (χ0n) is 7.06. The number of aromatic nitrogens is 3. The Labute approximate surface area is 79.5 Å². The molecule has 0 aliphatic rings. The highest BCUT2D eigenvalue weighted by Gasteiger charge is 2.06. The molecule has 0 aliphatic heterocycles. The molecule has 0 saturated carbocycles. The maximum Gasteiger partial charge on any atom is 0.126 e. The van der Waals surface area contributed by atoms with Crippen LogP contribution < -0.4 is 5.73 Å². The Hall–Kier alpha value is -1.49. The van der Waals surface area contributed by atoms with Crippen molar-refractivity contribution in [2.75, 3.05) is 5.73 Å². The van der Waals surface area contributed by atoms with E-state index in [-0.39, 0.29) is 0 Å². The maximum atomic E-state index is 5.72. The Bertz CT molecular complexity index is 410. The molecule has 5 heteroatoms. The Kier molecular flexibility index (Phi) is 1.94. The molecule has 0 radical (unpaired) electrons. The van der Waals surface area contributed by atoms with E-state index in [4.69, 9.17) is 5.73 Å². The number of thiazole rings is 1. The zero-order chi connectivity index (χ0) is 9.26. The molecular weight excluding hydrogens is 184 g/mol. The highest BCUT2D eigenvalue weighted by Crippen LogP contribution is 2.21. The van der Waals surface area contributed by atoms with Crippen molar-refractivity contribution < 1.29 is 0 Å². The van der Waals surface area contributed by atoms with Gasteiger partial charge in [-0.25, -0.2) is 15.0 Å². The number of aryl methyl sites for hydroxylation is 1. The van der Waals surface area contributed by atoms with Crippen LogP contribution >= 0.6 is 11.3 Å². The molecule has 0 spiro atoms. The molecule has 4 nitrogen and oxygen atoms in total. The molecule has 0 bridgehead atoms. The van der Waals surface area contributed by atoms with Gasteiger partial charge in [0.25, 0.3) is 0 Å². The van der Waals surface area contributed by atoms with Gasteiger partial charge in [0, 0.05) is 5.38 Å².